The summed E-state index contributed by atoms with van der Waals surface area (Å²) in [7, 11) is 0. The average molecular weight is 276 g/mol. The second-order valence-corrected chi connectivity index (χ2v) is 6.13. The molecule has 1 N–H and O–H groups in total. The smallest absolute Gasteiger partial charge is 0.134 e. The van der Waals surface area contributed by atoms with E-state index in [-0.39, 0.29) is 0 Å². The number of fused-ring (bicyclic) bond motifs is 1. The van der Waals surface area contributed by atoms with Crippen molar-refractivity contribution in [2.75, 3.05) is 6.54 Å². The van der Waals surface area contributed by atoms with Crippen molar-refractivity contribution >= 4 is 11.3 Å². The van der Waals surface area contributed by atoms with Gasteiger partial charge < -0.3 is 9.88 Å². The summed E-state index contributed by atoms with van der Waals surface area (Å²) in [6.45, 7) is 6.45. The summed E-state index contributed by atoms with van der Waals surface area (Å²) in [4.78, 5) is 1.44. The molecule has 1 aliphatic heterocycles. The summed E-state index contributed by atoms with van der Waals surface area (Å²) in [5.74, 6) is 2.30. The predicted octanol–water partition coefficient (Wildman–Crippen LogP) is 2.49. The maximum Gasteiger partial charge on any atom is 0.134 e. The molecule has 2 aromatic heterocycles. The third kappa shape index (κ3) is 2.58. The lowest BCUT2D eigenvalue weighted by molar-refractivity contribution is 0.563. The third-order valence-electron chi connectivity index (χ3n) is 3.78. The van der Waals surface area contributed by atoms with Crippen molar-refractivity contribution in [1.29, 1.82) is 0 Å². The molecule has 1 atom stereocenters. The number of nitrogens with zero attached hydrogens (tertiary/aromatic N) is 3. The Morgan fingerprint density at radius 2 is 2.37 bits per heavy atom. The number of aromatic nitrogens is 3. The molecule has 0 amide bonds. The SMILES string of the molecule is Cc1ccsc1C(C)NCCc1nnc2n1CCC2. The molecule has 0 saturated heterocycles. The van der Waals surface area contributed by atoms with Gasteiger partial charge in [-0.15, -0.1) is 21.5 Å². The van der Waals surface area contributed by atoms with Crippen LogP contribution in [0.4, 0.5) is 0 Å². The van der Waals surface area contributed by atoms with Crippen LogP contribution in [0.5, 0.6) is 0 Å². The number of rotatable bonds is 5. The zero-order chi connectivity index (χ0) is 13.2. The number of hydrogen-bond acceptors (Lipinski definition) is 4. The second kappa shape index (κ2) is 5.43. The topological polar surface area (TPSA) is 42.7 Å². The lowest BCUT2D eigenvalue weighted by Gasteiger charge is -2.13. The van der Waals surface area contributed by atoms with Crippen molar-refractivity contribution in [3.63, 3.8) is 0 Å². The largest absolute Gasteiger partial charge is 0.315 e. The van der Waals surface area contributed by atoms with Gasteiger partial charge in [0.25, 0.3) is 0 Å². The van der Waals surface area contributed by atoms with Gasteiger partial charge in [-0.25, -0.2) is 0 Å². The monoisotopic (exact) mass is 276 g/mol. The molecule has 0 spiro atoms. The van der Waals surface area contributed by atoms with Crippen LogP contribution in [0, 0.1) is 6.92 Å². The lowest BCUT2D eigenvalue weighted by Crippen LogP contribution is -2.22. The first-order valence-corrected chi connectivity index (χ1v) is 7.82. The van der Waals surface area contributed by atoms with Gasteiger partial charge >= 0.3 is 0 Å². The molecule has 4 nitrogen and oxygen atoms in total. The quantitative estimate of drug-likeness (QED) is 0.912. The molecule has 3 heterocycles. The van der Waals surface area contributed by atoms with Crippen molar-refractivity contribution in [3.8, 4) is 0 Å². The minimum Gasteiger partial charge on any atom is -0.315 e. The van der Waals surface area contributed by atoms with Gasteiger partial charge in [0.05, 0.1) is 0 Å². The predicted molar refractivity (Wildman–Crippen MR) is 77.5 cm³/mol. The van der Waals surface area contributed by atoms with Gasteiger partial charge in [0.1, 0.15) is 11.6 Å². The highest BCUT2D eigenvalue weighted by molar-refractivity contribution is 7.10. The van der Waals surface area contributed by atoms with Crippen molar-refractivity contribution in [2.45, 2.75) is 45.7 Å². The molecule has 1 aliphatic rings. The first-order chi connectivity index (χ1) is 9.25. The van der Waals surface area contributed by atoms with Crippen molar-refractivity contribution in [2.24, 2.45) is 0 Å². The zero-order valence-corrected chi connectivity index (χ0v) is 12.3. The number of thiophene rings is 1. The Bertz CT molecular complexity index is 558. The Balaban J connectivity index is 1.54. The van der Waals surface area contributed by atoms with Crippen LogP contribution in [0.1, 0.15) is 41.5 Å². The van der Waals surface area contributed by atoms with Gasteiger partial charge in [-0.1, -0.05) is 0 Å². The Morgan fingerprint density at radius 3 is 3.16 bits per heavy atom. The Kier molecular flexibility index (Phi) is 3.66. The van der Waals surface area contributed by atoms with E-state index in [1.54, 1.807) is 0 Å². The summed E-state index contributed by atoms with van der Waals surface area (Å²) in [5, 5.41) is 14.3. The first-order valence-electron chi connectivity index (χ1n) is 6.94. The maximum absolute atomic E-state index is 4.29. The molecule has 2 aromatic rings. The molecule has 5 heteroatoms. The fraction of sp³-hybridized carbons (Fsp3) is 0.571. The number of nitrogens with one attached hydrogen (secondary N) is 1. The van der Waals surface area contributed by atoms with Gasteiger partial charge in [0, 0.05) is 36.9 Å². The molecule has 102 valence electrons. The number of aryl methyl sites for hydroxylation is 2. The molecule has 0 aliphatic carbocycles. The average Bonchev–Trinajstić information content (AvgIpc) is 3.06. The molecule has 0 fully saturated rings. The van der Waals surface area contributed by atoms with Crippen LogP contribution in [0.2, 0.25) is 0 Å². The van der Waals surface area contributed by atoms with E-state index in [0.717, 1.165) is 37.6 Å². The van der Waals surface area contributed by atoms with Crippen molar-refractivity contribution in [3.05, 3.63) is 33.5 Å². The van der Waals surface area contributed by atoms with Crippen LogP contribution in [0.25, 0.3) is 0 Å². The summed E-state index contributed by atoms with van der Waals surface area (Å²) in [5.41, 5.74) is 1.38. The van der Waals surface area contributed by atoms with Crippen LogP contribution < -0.4 is 5.32 Å². The normalized spacial score (nSPS) is 15.7. The summed E-state index contributed by atoms with van der Waals surface area (Å²) in [6, 6.07) is 2.60. The first kappa shape index (κ1) is 12.8. The Morgan fingerprint density at radius 1 is 1.47 bits per heavy atom. The highest BCUT2D eigenvalue weighted by atomic mass is 32.1. The van der Waals surface area contributed by atoms with E-state index in [9.17, 15) is 0 Å². The minimum atomic E-state index is 0.418. The van der Waals surface area contributed by atoms with Gasteiger partial charge in [-0.05, 0) is 37.3 Å². The molecule has 3 rings (SSSR count). The second-order valence-electron chi connectivity index (χ2n) is 5.18. The Hall–Kier alpha value is -1.20. The van der Waals surface area contributed by atoms with Crippen LogP contribution >= 0.6 is 11.3 Å². The zero-order valence-electron chi connectivity index (χ0n) is 11.5. The van der Waals surface area contributed by atoms with Crippen LogP contribution in [-0.2, 0) is 19.4 Å². The summed E-state index contributed by atoms with van der Waals surface area (Å²) < 4.78 is 2.28. The summed E-state index contributed by atoms with van der Waals surface area (Å²) in [6.07, 6.45) is 3.27. The van der Waals surface area contributed by atoms with Crippen LogP contribution in [0.15, 0.2) is 11.4 Å². The molecular formula is C14H20N4S. The fourth-order valence-electron chi connectivity index (χ4n) is 2.72. The van der Waals surface area contributed by atoms with Crippen molar-refractivity contribution < 1.29 is 0 Å². The van der Waals surface area contributed by atoms with E-state index < -0.39 is 0 Å². The van der Waals surface area contributed by atoms with E-state index in [1.165, 1.54) is 16.9 Å². The highest BCUT2D eigenvalue weighted by Crippen LogP contribution is 2.23. The fourth-order valence-corrected chi connectivity index (χ4v) is 3.68. The van der Waals surface area contributed by atoms with E-state index in [0.29, 0.717) is 6.04 Å². The molecule has 0 aromatic carbocycles. The van der Waals surface area contributed by atoms with E-state index in [4.69, 9.17) is 0 Å². The van der Waals surface area contributed by atoms with Gasteiger partial charge in [0.2, 0.25) is 0 Å². The Labute approximate surface area is 117 Å². The summed E-state index contributed by atoms with van der Waals surface area (Å²) >= 11 is 1.83. The van der Waals surface area contributed by atoms with Gasteiger partial charge in [0.15, 0.2) is 0 Å². The van der Waals surface area contributed by atoms with Crippen molar-refractivity contribution in [1.82, 2.24) is 20.1 Å². The molecule has 19 heavy (non-hydrogen) atoms. The highest BCUT2D eigenvalue weighted by Gasteiger charge is 2.17. The van der Waals surface area contributed by atoms with Crippen LogP contribution in [0.3, 0.4) is 0 Å². The third-order valence-corrected chi connectivity index (χ3v) is 4.98. The van der Waals surface area contributed by atoms with E-state index in [2.05, 4.69) is 45.4 Å². The van der Waals surface area contributed by atoms with Crippen LogP contribution in [-0.4, -0.2) is 21.3 Å². The van der Waals surface area contributed by atoms with E-state index >= 15 is 0 Å². The van der Waals surface area contributed by atoms with Gasteiger partial charge in [-0.3, -0.25) is 0 Å². The maximum atomic E-state index is 4.29. The molecular weight excluding hydrogens is 256 g/mol. The number of hydrogen-bond donors (Lipinski definition) is 1. The molecule has 0 radical (unpaired) electrons. The minimum absolute atomic E-state index is 0.418. The lowest BCUT2D eigenvalue weighted by atomic mass is 10.2. The van der Waals surface area contributed by atoms with E-state index in [1.807, 2.05) is 11.3 Å². The van der Waals surface area contributed by atoms with Gasteiger partial charge in [-0.2, -0.15) is 0 Å². The molecule has 1 unspecified atom stereocenters. The standard InChI is InChI=1S/C14H20N4S/c1-10-6-9-19-14(10)11(2)15-7-5-13-17-16-12-4-3-8-18(12)13/h6,9,11,15H,3-5,7-8H2,1-2H3. The molecule has 0 bridgehead atoms. The molecule has 0 saturated carbocycles.